The number of hydrogen-bond donors (Lipinski definition) is 2. The van der Waals surface area contributed by atoms with Crippen LogP contribution in [0.1, 0.15) is 0 Å². The van der Waals surface area contributed by atoms with Gasteiger partial charge < -0.3 is 9.84 Å². The Balaban J connectivity index is 2.56. The number of ether oxygens (including phenoxy) is 1. The largest absolute Gasteiger partial charge is 0.514 e. The van der Waals surface area contributed by atoms with Crippen molar-refractivity contribution in [3.05, 3.63) is 12.0 Å². The van der Waals surface area contributed by atoms with E-state index in [4.69, 9.17) is 5.11 Å². The van der Waals surface area contributed by atoms with Crippen molar-refractivity contribution >= 4 is 6.09 Å². The lowest BCUT2D eigenvalue weighted by atomic mass is 10.5. The summed E-state index contributed by atoms with van der Waals surface area (Å²) in [5.74, 6) is 0. The molecule has 0 bridgehead atoms. The van der Waals surface area contributed by atoms with Crippen LogP contribution in [0.5, 0.6) is 0 Å². The lowest BCUT2D eigenvalue weighted by Crippen LogP contribution is -2.10. The number of aliphatic hydroxyl groups excluding tert-OH is 1. The summed E-state index contributed by atoms with van der Waals surface area (Å²) in [4.78, 5) is 10.1. The number of amides is 1. The number of nitrogens with one attached hydrogen (secondary N) is 1. The van der Waals surface area contributed by atoms with Crippen LogP contribution in [0.25, 0.3) is 0 Å². The van der Waals surface area contributed by atoms with Crippen LogP contribution in [0, 0.1) is 0 Å². The van der Waals surface area contributed by atoms with E-state index in [2.05, 4.69) is 10.1 Å². The molecule has 1 saturated heterocycles. The second kappa shape index (κ2) is 1.73. The summed E-state index contributed by atoms with van der Waals surface area (Å²) in [6, 6.07) is 0. The lowest BCUT2D eigenvalue weighted by Gasteiger charge is -1.83. The molecule has 1 fully saturated rings. The molecule has 4 nitrogen and oxygen atoms in total. The van der Waals surface area contributed by atoms with E-state index in [-0.39, 0.29) is 6.61 Å². The molecule has 0 aliphatic carbocycles. The van der Waals surface area contributed by atoms with Crippen molar-refractivity contribution in [3.63, 3.8) is 0 Å². The molecule has 1 heterocycles. The van der Waals surface area contributed by atoms with Crippen LogP contribution in [-0.4, -0.2) is 17.8 Å². The molecule has 1 amide bonds. The molecule has 0 spiro atoms. The molecule has 8 heavy (non-hydrogen) atoms. The van der Waals surface area contributed by atoms with E-state index < -0.39 is 6.09 Å². The van der Waals surface area contributed by atoms with Crippen molar-refractivity contribution < 1.29 is 14.6 Å². The first kappa shape index (κ1) is 4.96. The van der Waals surface area contributed by atoms with Crippen LogP contribution in [0.15, 0.2) is 12.0 Å². The Hall–Kier alpha value is -1.19. The van der Waals surface area contributed by atoms with Crippen LogP contribution >= 0.6 is 0 Å². The van der Waals surface area contributed by atoms with Gasteiger partial charge in [0.1, 0.15) is 12.9 Å². The number of rotatable bonds is 0. The van der Waals surface area contributed by atoms with E-state index in [0.717, 1.165) is 6.26 Å². The molecule has 0 unspecified atom stereocenters. The van der Waals surface area contributed by atoms with Gasteiger partial charge in [0.05, 0.1) is 5.70 Å². The number of cyclic esters (lactones) is 1. The molecule has 0 aromatic heterocycles. The minimum absolute atomic E-state index is 0.148. The normalized spacial score (nSPS) is 23.0. The molecule has 2 N–H and O–H groups in total. The van der Waals surface area contributed by atoms with Crippen molar-refractivity contribution in [2.45, 2.75) is 0 Å². The average molecular weight is 115 g/mol. The average Bonchev–Trinajstić information content (AvgIpc) is 2.14. The number of alkyl carbamates (subject to hydrolysis) is 1. The number of aliphatic hydroxyl groups is 1. The number of carbonyl (C=O) groups is 1. The number of hydrogen-bond acceptors (Lipinski definition) is 3. The van der Waals surface area contributed by atoms with Gasteiger partial charge in [0.25, 0.3) is 0 Å². The SMILES string of the molecule is O=C1NC(=CO)CO1. The van der Waals surface area contributed by atoms with Crippen molar-refractivity contribution in [1.82, 2.24) is 5.32 Å². The van der Waals surface area contributed by atoms with Crippen LogP contribution in [0.2, 0.25) is 0 Å². The maximum absolute atomic E-state index is 10.1. The van der Waals surface area contributed by atoms with Gasteiger partial charge >= 0.3 is 6.09 Å². The van der Waals surface area contributed by atoms with Crippen LogP contribution in [-0.2, 0) is 4.74 Å². The molecule has 1 rings (SSSR count). The highest BCUT2D eigenvalue weighted by atomic mass is 16.6. The fourth-order valence-corrected chi connectivity index (χ4v) is 0.416. The van der Waals surface area contributed by atoms with E-state index in [1.807, 2.05) is 0 Å². The summed E-state index contributed by atoms with van der Waals surface area (Å²) in [5, 5.41) is 10.5. The molecule has 1 aliphatic rings. The highest BCUT2D eigenvalue weighted by Crippen LogP contribution is 1.98. The zero-order valence-corrected chi connectivity index (χ0v) is 4.05. The van der Waals surface area contributed by atoms with Gasteiger partial charge in [-0.2, -0.15) is 0 Å². The predicted octanol–water partition coefficient (Wildman–Crippen LogP) is 0.126. The zero-order chi connectivity index (χ0) is 5.98. The van der Waals surface area contributed by atoms with Crippen molar-refractivity contribution in [1.29, 1.82) is 0 Å². The Morgan fingerprint density at radius 3 is 2.88 bits per heavy atom. The first-order valence-electron chi connectivity index (χ1n) is 2.10. The summed E-state index contributed by atoms with van der Waals surface area (Å²) in [6.07, 6.45) is 0.301. The first-order valence-corrected chi connectivity index (χ1v) is 2.10. The highest BCUT2D eigenvalue weighted by molar-refractivity contribution is 5.72. The van der Waals surface area contributed by atoms with Gasteiger partial charge in [0, 0.05) is 0 Å². The van der Waals surface area contributed by atoms with Crippen LogP contribution in [0.3, 0.4) is 0 Å². The van der Waals surface area contributed by atoms with Gasteiger partial charge in [-0.1, -0.05) is 0 Å². The van der Waals surface area contributed by atoms with Crippen molar-refractivity contribution in [3.8, 4) is 0 Å². The van der Waals surface area contributed by atoms with Gasteiger partial charge in [-0.05, 0) is 0 Å². The molecule has 1 aliphatic heterocycles. The second-order valence-corrected chi connectivity index (χ2v) is 1.36. The van der Waals surface area contributed by atoms with Gasteiger partial charge in [-0.15, -0.1) is 0 Å². The van der Waals surface area contributed by atoms with E-state index in [1.54, 1.807) is 0 Å². The van der Waals surface area contributed by atoms with Gasteiger partial charge in [0.2, 0.25) is 0 Å². The molecule has 0 aromatic carbocycles. The lowest BCUT2D eigenvalue weighted by molar-refractivity contribution is 0.179. The molecule has 0 saturated carbocycles. The topological polar surface area (TPSA) is 58.6 Å². The molecule has 0 radical (unpaired) electrons. The van der Waals surface area contributed by atoms with Gasteiger partial charge in [-0.3, -0.25) is 5.32 Å². The zero-order valence-electron chi connectivity index (χ0n) is 4.05. The van der Waals surface area contributed by atoms with E-state index in [9.17, 15) is 4.79 Å². The summed E-state index contributed by atoms with van der Waals surface area (Å²) in [5.41, 5.74) is 0.398. The smallest absolute Gasteiger partial charge is 0.411 e. The Labute approximate surface area is 45.8 Å². The van der Waals surface area contributed by atoms with Crippen molar-refractivity contribution in [2.75, 3.05) is 6.61 Å². The monoisotopic (exact) mass is 115 g/mol. The van der Waals surface area contributed by atoms with Crippen LogP contribution in [0.4, 0.5) is 4.79 Å². The second-order valence-electron chi connectivity index (χ2n) is 1.36. The molecular weight excluding hydrogens is 110 g/mol. The molecule has 4 heteroatoms. The van der Waals surface area contributed by atoms with E-state index in [0.29, 0.717) is 5.70 Å². The third-order valence-electron chi connectivity index (χ3n) is 0.777. The highest BCUT2D eigenvalue weighted by Gasteiger charge is 2.14. The maximum Gasteiger partial charge on any atom is 0.411 e. The third-order valence-corrected chi connectivity index (χ3v) is 0.777. The van der Waals surface area contributed by atoms with E-state index >= 15 is 0 Å². The fraction of sp³-hybridized carbons (Fsp3) is 0.250. The number of carbonyl (C=O) groups excluding carboxylic acids is 1. The molecule has 0 atom stereocenters. The fourth-order valence-electron chi connectivity index (χ4n) is 0.416. The Morgan fingerprint density at radius 2 is 2.62 bits per heavy atom. The summed E-state index contributed by atoms with van der Waals surface area (Å²) in [7, 11) is 0. The molecular formula is C4H5NO3. The minimum atomic E-state index is -0.509. The summed E-state index contributed by atoms with van der Waals surface area (Å²) in [6.45, 7) is 0.148. The third kappa shape index (κ3) is 0.726. The quantitative estimate of drug-likeness (QED) is 0.441. The maximum atomic E-state index is 10.1. The molecule has 44 valence electrons. The summed E-state index contributed by atoms with van der Waals surface area (Å²) >= 11 is 0. The molecule has 0 aromatic rings. The van der Waals surface area contributed by atoms with E-state index in [1.165, 1.54) is 0 Å². The Morgan fingerprint density at radius 1 is 1.88 bits per heavy atom. The van der Waals surface area contributed by atoms with Crippen LogP contribution < -0.4 is 5.32 Å². The van der Waals surface area contributed by atoms with Gasteiger partial charge in [0.15, 0.2) is 0 Å². The minimum Gasteiger partial charge on any atom is -0.514 e. The van der Waals surface area contributed by atoms with Crippen molar-refractivity contribution in [2.24, 2.45) is 0 Å². The predicted molar refractivity (Wildman–Crippen MR) is 25.2 cm³/mol. The standard InChI is InChI=1S/C4H5NO3/c6-1-3-2-8-4(7)5-3/h1,6H,2H2,(H,5,7). The van der Waals surface area contributed by atoms with Gasteiger partial charge in [-0.25, -0.2) is 4.79 Å². The Kier molecular flexibility index (Phi) is 1.07. The Bertz CT molecular complexity index is 140. The summed E-state index contributed by atoms with van der Waals surface area (Å²) < 4.78 is 4.38. The first-order chi connectivity index (χ1) is 3.83.